The molecule has 0 unspecified atom stereocenters. The van der Waals surface area contributed by atoms with Crippen LogP contribution in [0.5, 0.6) is 0 Å². The highest BCUT2D eigenvalue weighted by Crippen LogP contribution is 1.96. The van der Waals surface area contributed by atoms with Gasteiger partial charge in [0, 0.05) is 19.2 Å². The minimum absolute atomic E-state index is 0.756. The van der Waals surface area contributed by atoms with Crippen LogP contribution in [0.3, 0.4) is 0 Å². The number of aliphatic imine (C=N–C) groups is 1. The SMILES string of the molecule is N=CC1=NCCNCC#CCCC1. The summed E-state index contributed by atoms with van der Waals surface area (Å²) < 4.78 is 0. The van der Waals surface area contributed by atoms with Crippen LogP contribution < -0.4 is 5.32 Å². The first kappa shape index (κ1) is 9.94. The molecule has 0 saturated carbocycles. The van der Waals surface area contributed by atoms with E-state index in [-0.39, 0.29) is 0 Å². The molecule has 0 aromatic heterocycles. The summed E-state index contributed by atoms with van der Waals surface area (Å²) in [7, 11) is 0. The number of hydrogen-bond acceptors (Lipinski definition) is 3. The van der Waals surface area contributed by atoms with E-state index in [1.165, 1.54) is 6.21 Å². The molecule has 0 fully saturated rings. The summed E-state index contributed by atoms with van der Waals surface area (Å²) in [4.78, 5) is 4.30. The third-order valence-corrected chi connectivity index (χ3v) is 1.84. The Labute approximate surface area is 79.1 Å². The Bertz CT molecular complexity index is 245. The van der Waals surface area contributed by atoms with Crippen LogP contribution in [-0.4, -0.2) is 31.6 Å². The molecular formula is C10H15N3. The summed E-state index contributed by atoms with van der Waals surface area (Å²) in [5.41, 5.74) is 0.894. The lowest BCUT2D eigenvalue weighted by Crippen LogP contribution is -2.18. The molecule has 1 rings (SSSR count). The van der Waals surface area contributed by atoms with E-state index in [0.717, 1.165) is 44.6 Å². The highest BCUT2D eigenvalue weighted by molar-refractivity contribution is 6.29. The zero-order valence-electron chi connectivity index (χ0n) is 7.77. The van der Waals surface area contributed by atoms with Crippen LogP contribution in [0.15, 0.2) is 4.99 Å². The van der Waals surface area contributed by atoms with Gasteiger partial charge >= 0.3 is 0 Å². The Kier molecular flexibility index (Phi) is 4.88. The lowest BCUT2D eigenvalue weighted by atomic mass is 10.2. The van der Waals surface area contributed by atoms with Gasteiger partial charge in [0.15, 0.2) is 0 Å². The zero-order chi connectivity index (χ0) is 9.36. The fourth-order valence-electron chi connectivity index (χ4n) is 1.14. The molecule has 0 bridgehead atoms. The molecule has 70 valence electrons. The molecule has 1 aliphatic heterocycles. The van der Waals surface area contributed by atoms with E-state index in [0.29, 0.717) is 0 Å². The minimum Gasteiger partial charge on any atom is -0.307 e. The summed E-state index contributed by atoms with van der Waals surface area (Å²) in [6, 6.07) is 0. The first-order valence-corrected chi connectivity index (χ1v) is 4.63. The maximum atomic E-state index is 7.13. The summed E-state index contributed by atoms with van der Waals surface area (Å²) in [5.74, 6) is 6.13. The maximum Gasteiger partial charge on any atom is 0.0577 e. The van der Waals surface area contributed by atoms with Gasteiger partial charge < -0.3 is 10.7 Å². The molecule has 1 heterocycles. The van der Waals surface area contributed by atoms with Gasteiger partial charge in [-0.05, 0) is 12.8 Å². The van der Waals surface area contributed by atoms with Crippen molar-refractivity contribution in [1.82, 2.24) is 5.32 Å². The highest BCUT2D eigenvalue weighted by Gasteiger charge is 1.95. The first-order valence-electron chi connectivity index (χ1n) is 4.63. The molecule has 0 radical (unpaired) electrons. The van der Waals surface area contributed by atoms with Crippen molar-refractivity contribution >= 4 is 11.9 Å². The maximum absolute atomic E-state index is 7.13. The monoisotopic (exact) mass is 177 g/mol. The minimum atomic E-state index is 0.756. The highest BCUT2D eigenvalue weighted by atomic mass is 14.9. The van der Waals surface area contributed by atoms with Gasteiger partial charge in [-0.2, -0.15) is 0 Å². The standard InChI is InChI=1S/C10H15N3/c11-9-10-5-3-1-2-4-6-12-7-8-13-10/h9,11-12H,1,3,5-8H2. The largest absolute Gasteiger partial charge is 0.307 e. The molecule has 0 aliphatic carbocycles. The third-order valence-electron chi connectivity index (χ3n) is 1.84. The van der Waals surface area contributed by atoms with Crippen LogP contribution >= 0.6 is 0 Å². The van der Waals surface area contributed by atoms with Crippen molar-refractivity contribution < 1.29 is 0 Å². The second-order valence-corrected chi connectivity index (χ2v) is 2.90. The Morgan fingerprint density at radius 1 is 1.46 bits per heavy atom. The second kappa shape index (κ2) is 6.38. The van der Waals surface area contributed by atoms with E-state index in [9.17, 15) is 0 Å². The van der Waals surface area contributed by atoms with Crippen molar-refractivity contribution in [2.24, 2.45) is 4.99 Å². The lowest BCUT2D eigenvalue weighted by molar-refractivity contribution is 0.763. The first-order chi connectivity index (χ1) is 6.43. The zero-order valence-corrected chi connectivity index (χ0v) is 7.77. The average molecular weight is 177 g/mol. The van der Waals surface area contributed by atoms with Crippen molar-refractivity contribution in [1.29, 1.82) is 5.41 Å². The molecule has 0 spiro atoms. The van der Waals surface area contributed by atoms with Crippen LogP contribution in [0, 0.1) is 17.3 Å². The Morgan fingerprint density at radius 2 is 2.38 bits per heavy atom. The molecule has 3 heteroatoms. The quantitative estimate of drug-likeness (QED) is 0.453. The van der Waals surface area contributed by atoms with Gasteiger partial charge in [0.2, 0.25) is 0 Å². The fraction of sp³-hybridized carbons (Fsp3) is 0.600. The number of nitrogens with one attached hydrogen (secondary N) is 2. The van der Waals surface area contributed by atoms with Crippen molar-refractivity contribution in [3.63, 3.8) is 0 Å². The average Bonchev–Trinajstić information content (AvgIpc) is 2.22. The van der Waals surface area contributed by atoms with Crippen LogP contribution in [0.25, 0.3) is 0 Å². The fourth-order valence-corrected chi connectivity index (χ4v) is 1.14. The van der Waals surface area contributed by atoms with Gasteiger partial charge in [-0.3, -0.25) is 4.99 Å². The van der Waals surface area contributed by atoms with Crippen LogP contribution in [0.4, 0.5) is 0 Å². The Balaban J connectivity index is 2.46. The van der Waals surface area contributed by atoms with E-state index in [2.05, 4.69) is 22.2 Å². The van der Waals surface area contributed by atoms with Crippen molar-refractivity contribution in [2.45, 2.75) is 19.3 Å². The molecule has 0 amide bonds. The van der Waals surface area contributed by atoms with E-state index in [1.54, 1.807) is 0 Å². The predicted molar refractivity (Wildman–Crippen MR) is 55.6 cm³/mol. The van der Waals surface area contributed by atoms with Crippen LogP contribution in [0.2, 0.25) is 0 Å². The van der Waals surface area contributed by atoms with Gasteiger partial charge in [-0.1, -0.05) is 5.92 Å². The summed E-state index contributed by atoms with van der Waals surface area (Å²) in [6.07, 6.45) is 4.17. The third kappa shape index (κ3) is 4.44. The molecule has 0 saturated heterocycles. The van der Waals surface area contributed by atoms with E-state index in [4.69, 9.17) is 5.41 Å². The summed E-state index contributed by atoms with van der Waals surface area (Å²) in [5, 5.41) is 10.3. The molecular weight excluding hydrogens is 162 g/mol. The number of nitrogens with zero attached hydrogens (tertiary/aromatic N) is 1. The number of rotatable bonds is 1. The second-order valence-electron chi connectivity index (χ2n) is 2.90. The summed E-state index contributed by atoms with van der Waals surface area (Å²) >= 11 is 0. The van der Waals surface area contributed by atoms with E-state index < -0.39 is 0 Å². The Hall–Kier alpha value is -1.14. The van der Waals surface area contributed by atoms with E-state index >= 15 is 0 Å². The van der Waals surface area contributed by atoms with Gasteiger partial charge in [-0.25, -0.2) is 0 Å². The van der Waals surface area contributed by atoms with Crippen molar-refractivity contribution in [2.75, 3.05) is 19.6 Å². The molecule has 1 aliphatic rings. The lowest BCUT2D eigenvalue weighted by Gasteiger charge is -1.98. The predicted octanol–water partition coefficient (Wildman–Crippen LogP) is 0.854. The van der Waals surface area contributed by atoms with Gasteiger partial charge in [0.25, 0.3) is 0 Å². The molecule has 0 aromatic rings. The normalized spacial score (nSPS) is 18.9. The van der Waals surface area contributed by atoms with Crippen LogP contribution in [0.1, 0.15) is 19.3 Å². The molecule has 0 aromatic carbocycles. The van der Waals surface area contributed by atoms with Crippen LogP contribution in [-0.2, 0) is 0 Å². The van der Waals surface area contributed by atoms with Gasteiger partial charge in [0.1, 0.15) is 0 Å². The molecule has 3 nitrogen and oxygen atoms in total. The van der Waals surface area contributed by atoms with Crippen molar-refractivity contribution in [3.05, 3.63) is 0 Å². The summed E-state index contributed by atoms with van der Waals surface area (Å²) in [6.45, 7) is 2.37. The molecule has 0 atom stereocenters. The molecule has 2 N–H and O–H groups in total. The Morgan fingerprint density at radius 3 is 3.23 bits per heavy atom. The van der Waals surface area contributed by atoms with Crippen molar-refractivity contribution in [3.8, 4) is 11.8 Å². The van der Waals surface area contributed by atoms with Gasteiger partial charge in [-0.15, -0.1) is 5.92 Å². The molecule has 13 heavy (non-hydrogen) atoms. The van der Waals surface area contributed by atoms with Gasteiger partial charge in [0.05, 0.1) is 18.8 Å². The topological polar surface area (TPSA) is 48.2 Å². The smallest absolute Gasteiger partial charge is 0.0577 e. The number of hydrogen-bond donors (Lipinski definition) is 2. The van der Waals surface area contributed by atoms with E-state index in [1.807, 2.05) is 0 Å².